The average Bonchev–Trinajstić information content (AvgIpc) is 2.92. The summed E-state index contributed by atoms with van der Waals surface area (Å²) < 4.78 is 35.7. The van der Waals surface area contributed by atoms with Crippen molar-refractivity contribution in [3.05, 3.63) is 83.2 Å². The molecule has 1 unspecified atom stereocenters. The Hall–Kier alpha value is -3.85. The molecule has 4 rings (SSSR count). The molecule has 7 nitrogen and oxygen atoms in total. The molecule has 1 aliphatic rings. The first-order chi connectivity index (χ1) is 17.9. The molecule has 37 heavy (non-hydrogen) atoms. The van der Waals surface area contributed by atoms with E-state index in [0.717, 1.165) is 17.5 Å². The number of esters is 1. The number of carbonyl (C=O) groups excluding carboxylic acids is 1. The third kappa shape index (κ3) is 6.11. The van der Waals surface area contributed by atoms with E-state index in [-0.39, 0.29) is 24.4 Å². The van der Waals surface area contributed by atoms with Crippen molar-refractivity contribution in [3.63, 3.8) is 0 Å². The Morgan fingerprint density at radius 1 is 1.05 bits per heavy atom. The van der Waals surface area contributed by atoms with Gasteiger partial charge in [-0.15, -0.1) is 0 Å². The number of anilines is 1. The third-order valence-electron chi connectivity index (χ3n) is 6.13. The smallest absolute Gasteiger partial charge is 0.338 e. The van der Waals surface area contributed by atoms with Crippen LogP contribution in [0.5, 0.6) is 17.2 Å². The summed E-state index contributed by atoms with van der Waals surface area (Å²) >= 11 is 5.76. The molecule has 0 saturated carbocycles. The van der Waals surface area contributed by atoms with Crippen molar-refractivity contribution >= 4 is 29.0 Å². The lowest BCUT2D eigenvalue weighted by Crippen LogP contribution is -2.44. The molecule has 1 aliphatic heterocycles. The van der Waals surface area contributed by atoms with Gasteiger partial charge in [-0.3, -0.25) is 0 Å². The van der Waals surface area contributed by atoms with Gasteiger partial charge in [0, 0.05) is 12.2 Å². The lowest BCUT2D eigenvalue weighted by Gasteiger charge is -2.39. The molecule has 0 aromatic heterocycles. The van der Waals surface area contributed by atoms with Crippen LogP contribution in [0.15, 0.2) is 60.7 Å². The van der Waals surface area contributed by atoms with Crippen LogP contribution in [0.1, 0.15) is 34.5 Å². The van der Waals surface area contributed by atoms with Gasteiger partial charge in [0.05, 0.1) is 32.4 Å². The molecular weight excluding hydrogens is 495 g/mol. The molecule has 3 aromatic carbocycles. The zero-order valence-electron chi connectivity index (χ0n) is 21.0. The van der Waals surface area contributed by atoms with Crippen molar-refractivity contribution in [3.8, 4) is 17.2 Å². The second-order valence-corrected chi connectivity index (χ2v) is 8.74. The van der Waals surface area contributed by atoms with E-state index in [0.29, 0.717) is 46.8 Å². The topological polar surface area (TPSA) is 69.3 Å². The third-order valence-corrected chi connectivity index (χ3v) is 6.47. The summed E-state index contributed by atoms with van der Waals surface area (Å²) in [5.41, 5.74) is 3.28. The van der Waals surface area contributed by atoms with Crippen molar-refractivity contribution in [2.24, 2.45) is 0 Å². The van der Waals surface area contributed by atoms with Crippen LogP contribution in [-0.4, -0.2) is 50.0 Å². The van der Waals surface area contributed by atoms with Gasteiger partial charge in [0.25, 0.3) is 0 Å². The molecule has 0 bridgehead atoms. The van der Waals surface area contributed by atoms with E-state index in [2.05, 4.69) is 10.2 Å². The number of carbonyl (C=O) groups is 1. The van der Waals surface area contributed by atoms with Crippen molar-refractivity contribution in [2.75, 3.05) is 39.3 Å². The number of nitrogens with one attached hydrogen (secondary N) is 1. The van der Waals surface area contributed by atoms with Crippen molar-refractivity contribution in [1.82, 2.24) is 4.90 Å². The van der Waals surface area contributed by atoms with Gasteiger partial charge in [-0.25, -0.2) is 9.18 Å². The van der Waals surface area contributed by atoms with Crippen LogP contribution in [0, 0.1) is 5.82 Å². The highest BCUT2D eigenvalue weighted by molar-refractivity contribution is 7.80. The van der Waals surface area contributed by atoms with Crippen LogP contribution in [0.2, 0.25) is 0 Å². The lowest BCUT2D eigenvalue weighted by atomic mass is 9.92. The predicted molar refractivity (Wildman–Crippen MR) is 143 cm³/mol. The predicted octanol–water partition coefficient (Wildman–Crippen LogP) is 5.39. The van der Waals surface area contributed by atoms with Crippen LogP contribution in [0.3, 0.4) is 0 Å². The quantitative estimate of drug-likeness (QED) is 0.311. The van der Waals surface area contributed by atoms with Crippen LogP contribution in [0.25, 0.3) is 0 Å². The molecule has 1 atom stereocenters. The fourth-order valence-corrected chi connectivity index (χ4v) is 4.59. The number of ether oxygens (including phenoxy) is 4. The number of benzene rings is 3. The Morgan fingerprint density at radius 2 is 1.73 bits per heavy atom. The number of fused-ring (bicyclic) bond motifs is 1. The normalized spacial score (nSPS) is 14.4. The zero-order valence-corrected chi connectivity index (χ0v) is 21.8. The van der Waals surface area contributed by atoms with E-state index in [1.54, 1.807) is 57.5 Å². The maximum absolute atomic E-state index is 13.4. The number of thiocarbonyl (C=S) groups is 1. The summed E-state index contributed by atoms with van der Waals surface area (Å²) in [5, 5.41) is 3.71. The number of halogens is 1. The molecule has 0 amide bonds. The fourth-order valence-electron chi connectivity index (χ4n) is 4.26. The Kier molecular flexibility index (Phi) is 8.45. The van der Waals surface area contributed by atoms with Gasteiger partial charge in [-0.2, -0.15) is 0 Å². The summed E-state index contributed by atoms with van der Waals surface area (Å²) in [4.78, 5) is 14.0. The minimum absolute atomic E-state index is 0.242. The standard InChI is InChI=1S/C28H29FN2O5S/c1-4-35-27(32)18-5-11-22(12-6-18)36-17-24-23-16-26(34-3)25(33-2)15-19(23)13-14-31(24)28(37)30-21-9-7-20(29)8-10-21/h5-12,15-16,24H,4,13-14,17H2,1-3H3,(H,30,37). The van der Waals surface area contributed by atoms with Crippen LogP contribution >= 0.6 is 12.2 Å². The van der Waals surface area contributed by atoms with Gasteiger partial charge in [0.1, 0.15) is 18.2 Å². The number of rotatable bonds is 8. The molecule has 0 radical (unpaired) electrons. The maximum atomic E-state index is 13.4. The average molecular weight is 525 g/mol. The molecule has 0 saturated heterocycles. The number of hydrogen-bond acceptors (Lipinski definition) is 6. The molecular formula is C28H29FN2O5S. The van der Waals surface area contributed by atoms with Gasteiger partial charge in [0.2, 0.25) is 0 Å². The first kappa shape index (κ1) is 26.2. The molecule has 0 aliphatic carbocycles. The van der Waals surface area contributed by atoms with Crippen molar-refractivity contribution in [2.45, 2.75) is 19.4 Å². The van der Waals surface area contributed by atoms with Crippen molar-refractivity contribution in [1.29, 1.82) is 0 Å². The summed E-state index contributed by atoms with van der Waals surface area (Å²) in [6.45, 7) is 3.01. The van der Waals surface area contributed by atoms with Crippen LogP contribution < -0.4 is 19.5 Å². The monoisotopic (exact) mass is 524 g/mol. The van der Waals surface area contributed by atoms with Crippen molar-refractivity contribution < 1.29 is 28.1 Å². The molecule has 9 heteroatoms. The SMILES string of the molecule is CCOC(=O)c1ccc(OCC2c3cc(OC)c(OC)cc3CCN2C(=S)Nc2ccc(F)cc2)cc1. The largest absolute Gasteiger partial charge is 0.493 e. The van der Waals surface area contributed by atoms with Gasteiger partial charge in [-0.05, 0) is 97.4 Å². The highest BCUT2D eigenvalue weighted by Crippen LogP contribution is 2.38. The Morgan fingerprint density at radius 3 is 2.38 bits per heavy atom. The zero-order chi connectivity index (χ0) is 26.4. The Bertz CT molecular complexity index is 1250. The Balaban J connectivity index is 1.59. The second-order valence-electron chi connectivity index (χ2n) is 8.36. The van der Waals surface area contributed by atoms with Gasteiger partial charge >= 0.3 is 5.97 Å². The van der Waals surface area contributed by atoms with E-state index in [1.807, 2.05) is 12.1 Å². The molecule has 1 heterocycles. The first-order valence-corrected chi connectivity index (χ1v) is 12.3. The second kappa shape index (κ2) is 11.9. The van der Waals surface area contributed by atoms with E-state index in [4.69, 9.17) is 31.2 Å². The van der Waals surface area contributed by atoms with E-state index >= 15 is 0 Å². The molecule has 1 N–H and O–H groups in total. The van der Waals surface area contributed by atoms with Gasteiger partial charge in [-0.1, -0.05) is 0 Å². The minimum atomic E-state index is -0.375. The summed E-state index contributed by atoms with van der Waals surface area (Å²) in [5.74, 6) is 1.20. The molecule has 194 valence electrons. The minimum Gasteiger partial charge on any atom is -0.493 e. The summed E-state index contributed by atoms with van der Waals surface area (Å²) in [6, 6.07) is 16.6. The van der Waals surface area contributed by atoms with E-state index in [9.17, 15) is 9.18 Å². The highest BCUT2D eigenvalue weighted by atomic mass is 32.1. The number of hydrogen-bond donors (Lipinski definition) is 1. The van der Waals surface area contributed by atoms with Gasteiger partial charge in [0.15, 0.2) is 16.6 Å². The van der Waals surface area contributed by atoms with Crippen LogP contribution in [0.4, 0.5) is 10.1 Å². The summed E-state index contributed by atoms with van der Waals surface area (Å²) in [6.07, 6.45) is 0.742. The fraction of sp³-hybridized carbons (Fsp3) is 0.286. The Labute approximate surface area is 221 Å². The summed E-state index contributed by atoms with van der Waals surface area (Å²) in [7, 11) is 3.21. The molecule has 0 spiro atoms. The van der Waals surface area contributed by atoms with Gasteiger partial charge < -0.3 is 29.2 Å². The van der Waals surface area contributed by atoms with Crippen LogP contribution in [-0.2, 0) is 11.2 Å². The maximum Gasteiger partial charge on any atom is 0.338 e. The van der Waals surface area contributed by atoms with E-state index in [1.165, 1.54) is 12.1 Å². The van der Waals surface area contributed by atoms with E-state index < -0.39 is 0 Å². The molecule has 3 aromatic rings. The number of nitrogens with zero attached hydrogens (tertiary/aromatic N) is 1. The molecule has 0 fully saturated rings. The lowest BCUT2D eigenvalue weighted by molar-refractivity contribution is 0.0526. The first-order valence-electron chi connectivity index (χ1n) is 11.9. The number of methoxy groups -OCH3 is 2. The highest BCUT2D eigenvalue weighted by Gasteiger charge is 2.31.